The molecule has 0 aliphatic heterocycles. The molecule has 0 radical (unpaired) electrons. The summed E-state index contributed by atoms with van der Waals surface area (Å²) < 4.78 is 0. The fourth-order valence-electron chi connectivity index (χ4n) is 1.82. The minimum absolute atomic E-state index is 1.01. The van der Waals surface area contributed by atoms with Crippen molar-refractivity contribution < 1.29 is 0 Å². The molecule has 0 aliphatic carbocycles. The Morgan fingerprint density at radius 2 is 1.94 bits per heavy atom. The zero-order valence-electron chi connectivity index (χ0n) is 11.2. The van der Waals surface area contributed by atoms with E-state index in [1.54, 1.807) is 0 Å². The van der Waals surface area contributed by atoms with Crippen molar-refractivity contribution >= 4 is 5.57 Å². The van der Waals surface area contributed by atoms with Gasteiger partial charge in [-0.2, -0.15) is 0 Å². The molecule has 0 N–H and O–H groups in total. The van der Waals surface area contributed by atoms with Crippen LogP contribution in [0.3, 0.4) is 0 Å². The van der Waals surface area contributed by atoms with Crippen LogP contribution in [0.25, 0.3) is 5.57 Å². The van der Waals surface area contributed by atoms with Crippen LogP contribution in [0.5, 0.6) is 0 Å². The Morgan fingerprint density at radius 1 is 1.24 bits per heavy atom. The molecule has 0 bridgehead atoms. The van der Waals surface area contributed by atoms with E-state index in [2.05, 4.69) is 64.3 Å². The monoisotopic (exact) mass is 226 g/mol. The SMILES string of the molecule is C=C(/C=C\CCC)C(=C)c1ccc(C)cc1C. The summed E-state index contributed by atoms with van der Waals surface area (Å²) >= 11 is 0. The highest BCUT2D eigenvalue weighted by atomic mass is 14.1. The van der Waals surface area contributed by atoms with Crippen LogP contribution >= 0.6 is 0 Å². The van der Waals surface area contributed by atoms with E-state index in [1.807, 2.05) is 0 Å². The number of hydrogen-bond donors (Lipinski definition) is 0. The third kappa shape index (κ3) is 3.74. The molecule has 0 nitrogen and oxygen atoms in total. The van der Waals surface area contributed by atoms with Crippen LogP contribution in [0, 0.1) is 13.8 Å². The maximum Gasteiger partial charge on any atom is -0.0155 e. The lowest BCUT2D eigenvalue weighted by molar-refractivity contribution is 0.958. The van der Waals surface area contributed by atoms with Gasteiger partial charge in [0.15, 0.2) is 0 Å². The van der Waals surface area contributed by atoms with Crippen molar-refractivity contribution in [3.63, 3.8) is 0 Å². The summed E-state index contributed by atoms with van der Waals surface area (Å²) in [5.74, 6) is 0. The van der Waals surface area contributed by atoms with Crippen LogP contribution in [0.4, 0.5) is 0 Å². The fourth-order valence-corrected chi connectivity index (χ4v) is 1.82. The topological polar surface area (TPSA) is 0 Å². The number of allylic oxidation sites excluding steroid dienone is 4. The number of hydrogen-bond acceptors (Lipinski definition) is 0. The van der Waals surface area contributed by atoms with Crippen molar-refractivity contribution in [2.24, 2.45) is 0 Å². The van der Waals surface area contributed by atoms with Gasteiger partial charge in [-0.15, -0.1) is 0 Å². The summed E-state index contributed by atoms with van der Waals surface area (Å²) in [5.41, 5.74) is 5.77. The van der Waals surface area contributed by atoms with Crippen molar-refractivity contribution in [2.75, 3.05) is 0 Å². The first-order valence-electron chi connectivity index (χ1n) is 6.18. The first-order chi connectivity index (χ1) is 8.06. The van der Waals surface area contributed by atoms with E-state index in [0.717, 1.165) is 17.6 Å². The summed E-state index contributed by atoms with van der Waals surface area (Å²) in [6.07, 6.45) is 6.50. The highest BCUT2D eigenvalue weighted by Crippen LogP contribution is 2.24. The van der Waals surface area contributed by atoms with E-state index < -0.39 is 0 Å². The van der Waals surface area contributed by atoms with Gasteiger partial charge in [-0.1, -0.05) is 62.4 Å². The Morgan fingerprint density at radius 3 is 2.53 bits per heavy atom. The third-order valence-electron chi connectivity index (χ3n) is 2.87. The molecule has 0 saturated heterocycles. The zero-order chi connectivity index (χ0) is 12.8. The van der Waals surface area contributed by atoms with Crippen molar-refractivity contribution in [2.45, 2.75) is 33.6 Å². The van der Waals surface area contributed by atoms with Gasteiger partial charge in [0.25, 0.3) is 0 Å². The summed E-state index contributed by atoms with van der Waals surface area (Å²) in [4.78, 5) is 0. The van der Waals surface area contributed by atoms with Gasteiger partial charge < -0.3 is 0 Å². The number of rotatable bonds is 5. The van der Waals surface area contributed by atoms with E-state index in [0.29, 0.717) is 0 Å². The quantitative estimate of drug-likeness (QED) is 0.603. The summed E-state index contributed by atoms with van der Waals surface area (Å²) in [6.45, 7) is 14.6. The highest BCUT2D eigenvalue weighted by molar-refractivity contribution is 5.81. The van der Waals surface area contributed by atoms with Crippen molar-refractivity contribution in [1.82, 2.24) is 0 Å². The first-order valence-corrected chi connectivity index (χ1v) is 6.18. The number of benzene rings is 1. The molecule has 1 rings (SSSR count). The van der Waals surface area contributed by atoms with Gasteiger partial charge in [0.05, 0.1) is 0 Å². The van der Waals surface area contributed by atoms with Crippen LogP contribution < -0.4 is 0 Å². The third-order valence-corrected chi connectivity index (χ3v) is 2.87. The molecule has 1 aromatic carbocycles. The second-order valence-corrected chi connectivity index (χ2v) is 4.51. The summed E-state index contributed by atoms with van der Waals surface area (Å²) in [6, 6.07) is 6.44. The molecule has 0 atom stereocenters. The van der Waals surface area contributed by atoms with Gasteiger partial charge in [0, 0.05) is 0 Å². The molecule has 17 heavy (non-hydrogen) atoms. The Labute approximate surface area is 105 Å². The lowest BCUT2D eigenvalue weighted by Gasteiger charge is -2.10. The molecule has 0 saturated carbocycles. The average molecular weight is 226 g/mol. The number of unbranched alkanes of at least 4 members (excludes halogenated alkanes) is 1. The van der Waals surface area contributed by atoms with E-state index in [4.69, 9.17) is 0 Å². The molecular weight excluding hydrogens is 204 g/mol. The largest absolute Gasteiger partial charge is 0.0912 e. The molecule has 0 amide bonds. The minimum atomic E-state index is 1.01. The Hall–Kier alpha value is -1.56. The van der Waals surface area contributed by atoms with E-state index in [1.165, 1.54) is 23.1 Å². The van der Waals surface area contributed by atoms with Gasteiger partial charge >= 0.3 is 0 Å². The molecule has 0 heteroatoms. The second kappa shape index (κ2) is 6.24. The van der Waals surface area contributed by atoms with Crippen LogP contribution in [-0.2, 0) is 0 Å². The molecular formula is C17H22. The zero-order valence-corrected chi connectivity index (χ0v) is 11.2. The van der Waals surface area contributed by atoms with E-state index in [9.17, 15) is 0 Å². The van der Waals surface area contributed by atoms with Crippen molar-refractivity contribution in [1.29, 1.82) is 0 Å². The van der Waals surface area contributed by atoms with Gasteiger partial charge in [-0.05, 0) is 42.5 Å². The van der Waals surface area contributed by atoms with Gasteiger partial charge in [-0.3, -0.25) is 0 Å². The molecule has 90 valence electrons. The minimum Gasteiger partial charge on any atom is -0.0912 e. The molecule has 0 spiro atoms. The smallest absolute Gasteiger partial charge is 0.0155 e. The van der Waals surface area contributed by atoms with Gasteiger partial charge in [0.1, 0.15) is 0 Å². The maximum absolute atomic E-state index is 4.14. The molecule has 0 aliphatic rings. The Kier molecular flexibility index (Phi) is 4.96. The van der Waals surface area contributed by atoms with Crippen LogP contribution in [0.15, 0.2) is 49.1 Å². The summed E-state index contributed by atoms with van der Waals surface area (Å²) in [5, 5.41) is 0. The molecule has 0 aromatic heterocycles. The first kappa shape index (κ1) is 13.5. The highest BCUT2D eigenvalue weighted by Gasteiger charge is 2.04. The lowest BCUT2D eigenvalue weighted by Crippen LogP contribution is -1.90. The molecule has 1 aromatic rings. The maximum atomic E-state index is 4.14. The second-order valence-electron chi connectivity index (χ2n) is 4.51. The fraction of sp³-hybridized carbons (Fsp3) is 0.294. The van der Waals surface area contributed by atoms with Crippen LogP contribution in [-0.4, -0.2) is 0 Å². The van der Waals surface area contributed by atoms with E-state index in [-0.39, 0.29) is 0 Å². The normalized spacial score (nSPS) is 10.8. The van der Waals surface area contributed by atoms with Gasteiger partial charge in [0.2, 0.25) is 0 Å². The lowest BCUT2D eigenvalue weighted by atomic mass is 9.95. The van der Waals surface area contributed by atoms with Crippen LogP contribution in [0.2, 0.25) is 0 Å². The standard InChI is InChI=1S/C17H22/c1-6-7-8-9-14(3)16(5)17-11-10-13(2)12-15(17)4/h8-12H,3,5-7H2,1-2,4H3/b9-8-. The van der Waals surface area contributed by atoms with E-state index >= 15 is 0 Å². The molecule has 0 fully saturated rings. The van der Waals surface area contributed by atoms with Crippen LogP contribution in [0.1, 0.15) is 36.5 Å². The Bertz CT molecular complexity index is 447. The predicted molar refractivity (Wildman–Crippen MR) is 78.1 cm³/mol. The number of aryl methyl sites for hydroxylation is 2. The molecule has 0 heterocycles. The molecule has 0 unspecified atom stereocenters. The van der Waals surface area contributed by atoms with Crippen molar-refractivity contribution in [3.8, 4) is 0 Å². The van der Waals surface area contributed by atoms with Gasteiger partial charge in [-0.25, -0.2) is 0 Å². The average Bonchev–Trinajstić information content (AvgIpc) is 2.28. The summed E-state index contributed by atoms with van der Waals surface area (Å²) in [7, 11) is 0. The predicted octanol–water partition coefficient (Wildman–Crippen LogP) is 5.23. The Balaban J connectivity index is 2.86. The van der Waals surface area contributed by atoms with Crippen molar-refractivity contribution in [3.05, 3.63) is 65.8 Å².